The quantitative estimate of drug-likeness (QED) is 0.549. The molecule has 2 aliphatic carbocycles. The van der Waals surface area contributed by atoms with Gasteiger partial charge in [0.2, 0.25) is 0 Å². The Kier molecular flexibility index (Phi) is 4.63. The van der Waals surface area contributed by atoms with Gasteiger partial charge in [-0.05, 0) is 71.3 Å². The molecule has 0 aliphatic heterocycles. The van der Waals surface area contributed by atoms with Crippen LogP contribution in [0.2, 0.25) is 0 Å². The van der Waals surface area contributed by atoms with Gasteiger partial charge in [0.15, 0.2) is 0 Å². The Labute approximate surface area is 105 Å². The van der Waals surface area contributed by atoms with E-state index < -0.39 is 0 Å². The monoisotopic (exact) mass is 237 g/mol. The lowest BCUT2D eigenvalue weighted by atomic mass is 9.77. The van der Waals surface area contributed by atoms with Crippen LogP contribution in [-0.4, -0.2) is 23.3 Å². The topological polar surface area (TPSA) is 32.3 Å². The molecule has 2 aliphatic rings. The number of nitrogens with one attached hydrogen (secondary N) is 1. The number of rotatable bonds is 6. The van der Waals surface area contributed by atoms with Crippen LogP contribution in [0.5, 0.6) is 0 Å². The summed E-state index contributed by atoms with van der Waals surface area (Å²) in [6.45, 7) is 3.32. The summed E-state index contributed by atoms with van der Waals surface area (Å²) in [5.74, 6) is 0. The van der Waals surface area contributed by atoms with Crippen LogP contribution in [0.15, 0.2) is 11.6 Å². The van der Waals surface area contributed by atoms with Crippen LogP contribution in [0.4, 0.5) is 0 Å². The van der Waals surface area contributed by atoms with Crippen LogP contribution < -0.4 is 5.32 Å². The fourth-order valence-corrected chi connectivity index (χ4v) is 2.96. The summed E-state index contributed by atoms with van der Waals surface area (Å²) in [5.41, 5.74) is 1.30. The van der Waals surface area contributed by atoms with E-state index in [9.17, 15) is 5.11 Å². The number of allylic oxidation sites excluding steroid dienone is 1. The van der Waals surface area contributed by atoms with Crippen molar-refractivity contribution in [3.8, 4) is 0 Å². The van der Waals surface area contributed by atoms with Crippen molar-refractivity contribution in [1.29, 1.82) is 0 Å². The molecule has 0 spiro atoms. The lowest BCUT2D eigenvalue weighted by Crippen LogP contribution is -2.38. The molecule has 0 aromatic rings. The summed E-state index contributed by atoms with van der Waals surface area (Å²) < 4.78 is 0. The molecule has 1 unspecified atom stereocenters. The van der Waals surface area contributed by atoms with Gasteiger partial charge in [-0.25, -0.2) is 0 Å². The van der Waals surface area contributed by atoms with Crippen molar-refractivity contribution in [2.45, 2.75) is 76.4 Å². The van der Waals surface area contributed by atoms with Crippen molar-refractivity contribution in [1.82, 2.24) is 5.32 Å². The zero-order chi connectivity index (χ0) is 12.1. The fourth-order valence-electron chi connectivity index (χ4n) is 2.96. The van der Waals surface area contributed by atoms with Gasteiger partial charge >= 0.3 is 0 Å². The third-order valence-corrected chi connectivity index (χ3v) is 4.44. The highest BCUT2D eigenvalue weighted by atomic mass is 16.3. The van der Waals surface area contributed by atoms with Crippen LogP contribution in [0.25, 0.3) is 0 Å². The Morgan fingerprint density at radius 2 is 2.18 bits per heavy atom. The number of hydrogen-bond acceptors (Lipinski definition) is 2. The molecule has 0 heterocycles. The van der Waals surface area contributed by atoms with Crippen molar-refractivity contribution in [3.63, 3.8) is 0 Å². The van der Waals surface area contributed by atoms with Gasteiger partial charge in [-0.1, -0.05) is 11.6 Å². The smallest absolute Gasteiger partial charge is 0.0648 e. The predicted molar refractivity (Wildman–Crippen MR) is 72.1 cm³/mol. The summed E-state index contributed by atoms with van der Waals surface area (Å²) in [7, 11) is 0. The molecule has 17 heavy (non-hydrogen) atoms. The molecule has 2 nitrogen and oxygen atoms in total. The highest BCUT2D eigenvalue weighted by molar-refractivity contribution is 5.11. The highest BCUT2D eigenvalue weighted by Crippen LogP contribution is 2.35. The molecular weight excluding hydrogens is 210 g/mol. The largest absolute Gasteiger partial charge is 0.390 e. The normalized spacial score (nSPS) is 24.9. The molecule has 0 saturated heterocycles. The van der Waals surface area contributed by atoms with Crippen LogP contribution in [0, 0.1) is 0 Å². The van der Waals surface area contributed by atoms with E-state index in [0.717, 1.165) is 32.2 Å². The van der Waals surface area contributed by atoms with Gasteiger partial charge in [-0.3, -0.25) is 0 Å². The standard InChI is InChI=1S/C15H27NO/c1-13(14-7-3-2-4-8-14)16-12-6-11-15(17)9-5-10-15/h7,13,16-17H,2-6,8-12H2,1H3. The molecule has 1 saturated carbocycles. The molecule has 98 valence electrons. The van der Waals surface area contributed by atoms with Crippen molar-refractivity contribution in [2.75, 3.05) is 6.54 Å². The second-order valence-electron chi connectivity index (χ2n) is 5.88. The van der Waals surface area contributed by atoms with Crippen LogP contribution >= 0.6 is 0 Å². The van der Waals surface area contributed by atoms with Crippen LogP contribution in [-0.2, 0) is 0 Å². The molecule has 0 bridgehead atoms. The maximum atomic E-state index is 9.98. The fraction of sp³-hybridized carbons (Fsp3) is 0.867. The van der Waals surface area contributed by atoms with E-state index in [1.807, 2.05) is 0 Å². The van der Waals surface area contributed by atoms with E-state index in [-0.39, 0.29) is 5.60 Å². The summed E-state index contributed by atoms with van der Waals surface area (Å²) >= 11 is 0. The SMILES string of the molecule is CC(NCCCC1(O)CCC1)C1=CCCCC1. The average Bonchev–Trinajstić information content (AvgIpc) is 2.33. The van der Waals surface area contributed by atoms with Crippen molar-refractivity contribution >= 4 is 0 Å². The van der Waals surface area contributed by atoms with Gasteiger partial charge in [0.05, 0.1) is 5.60 Å². The summed E-state index contributed by atoms with van der Waals surface area (Å²) in [6.07, 6.45) is 13.0. The van der Waals surface area contributed by atoms with Gasteiger partial charge in [0, 0.05) is 6.04 Å². The lowest BCUT2D eigenvalue weighted by molar-refractivity contribution is -0.0414. The molecule has 0 aromatic heterocycles. The average molecular weight is 237 g/mol. The molecule has 0 aromatic carbocycles. The maximum Gasteiger partial charge on any atom is 0.0648 e. The minimum atomic E-state index is -0.297. The van der Waals surface area contributed by atoms with E-state index in [2.05, 4.69) is 18.3 Å². The molecule has 0 radical (unpaired) electrons. The molecule has 1 atom stereocenters. The Balaban J connectivity index is 1.59. The van der Waals surface area contributed by atoms with E-state index in [1.54, 1.807) is 5.57 Å². The molecule has 2 N–H and O–H groups in total. The first-order chi connectivity index (χ1) is 8.20. The minimum absolute atomic E-state index is 0.297. The molecule has 2 heteroatoms. The van der Waals surface area contributed by atoms with Gasteiger partial charge in [0.25, 0.3) is 0 Å². The van der Waals surface area contributed by atoms with Crippen molar-refractivity contribution in [2.24, 2.45) is 0 Å². The maximum absolute atomic E-state index is 9.98. The van der Waals surface area contributed by atoms with Gasteiger partial charge in [-0.15, -0.1) is 0 Å². The Hall–Kier alpha value is -0.340. The first-order valence-corrected chi connectivity index (χ1v) is 7.34. The van der Waals surface area contributed by atoms with Gasteiger partial charge in [-0.2, -0.15) is 0 Å². The first kappa shape index (κ1) is 13.1. The van der Waals surface area contributed by atoms with E-state index in [0.29, 0.717) is 6.04 Å². The number of hydrogen-bond donors (Lipinski definition) is 2. The molecular formula is C15H27NO. The molecule has 2 rings (SSSR count). The second-order valence-corrected chi connectivity index (χ2v) is 5.88. The zero-order valence-corrected chi connectivity index (χ0v) is 11.2. The Bertz CT molecular complexity index is 268. The lowest BCUT2D eigenvalue weighted by Gasteiger charge is -2.36. The van der Waals surface area contributed by atoms with Crippen molar-refractivity contribution in [3.05, 3.63) is 11.6 Å². The van der Waals surface area contributed by atoms with Gasteiger partial charge < -0.3 is 10.4 Å². The van der Waals surface area contributed by atoms with Crippen molar-refractivity contribution < 1.29 is 5.11 Å². The van der Waals surface area contributed by atoms with Crippen LogP contribution in [0.3, 0.4) is 0 Å². The van der Waals surface area contributed by atoms with E-state index in [1.165, 1.54) is 32.1 Å². The number of aliphatic hydroxyl groups is 1. The van der Waals surface area contributed by atoms with Crippen LogP contribution in [0.1, 0.15) is 64.7 Å². The zero-order valence-electron chi connectivity index (χ0n) is 11.2. The van der Waals surface area contributed by atoms with E-state index in [4.69, 9.17) is 0 Å². The second kappa shape index (κ2) is 6.01. The Morgan fingerprint density at radius 1 is 1.35 bits per heavy atom. The summed E-state index contributed by atoms with van der Waals surface area (Å²) in [5, 5.41) is 13.6. The Morgan fingerprint density at radius 3 is 2.76 bits per heavy atom. The molecule has 1 fully saturated rings. The predicted octanol–water partition coefficient (Wildman–Crippen LogP) is 3.16. The molecule has 0 amide bonds. The third-order valence-electron chi connectivity index (χ3n) is 4.44. The summed E-state index contributed by atoms with van der Waals surface area (Å²) in [4.78, 5) is 0. The summed E-state index contributed by atoms with van der Waals surface area (Å²) in [6, 6.07) is 0.534. The first-order valence-electron chi connectivity index (χ1n) is 7.34. The van der Waals surface area contributed by atoms with Gasteiger partial charge in [0.1, 0.15) is 0 Å². The minimum Gasteiger partial charge on any atom is -0.390 e. The highest BCUT2D eigenvalue weighted by Gasteiger charge is 2.33. The van der Waals surface area contributed by atoms with E-state index >= 15 is 0 Å². The third kappa shape index (κ3) is 3.82.